The van der Waals surface area contributed by atoms with E-state index in [1.165, 1.54) is 0 Å². The lowest BCUT2D eigenvalue weighted by Gasteiger charge is -2.27. The van der Waals surface area contributed by atoms with Gasteiger partial charge in [-0.25, -0.2) is 4.98 Å². The van der Waals surface area contributed by atoms with Crippen LogP contribution in [-0.4, -0.2) is 62.2 Å². The molecule has 1 aliphatic heterocycles. The number of methoxy groups -OCH3 is 1. The van der Waals surface area contributed by atoms with Gasteiger partial charge in [0.25, 0.3) is 0 Å². The number of aromatic nitrogens is 2. The Bertz CT molecular complexity index is 1690. The van der Waals surface area contributed by atoms with Gasteiger partial charge in [-0.1, -0.05) is 12.1 Å². The Morgan fingerprint density at radius 2 is 1.69 bits per heavy atom. The van der Waals surface area contributed by atoms with E-state index in [4.69, 9.17) is 14.2 Å². The summed E-state index contributed by atoms with van der Waals surface area (Å²) in [5.41, 5.74) is 3.13. The van der Waals surface area contributed by atoms with E-state index in [1.54, 1.807) is 37.8 Å². The van der Waals surface area contributed by atoms with Crippen LogP contribution in [0, 0.1) is 5.41 Å². The van der Waals surface area contributed by atoms with Crippen molar-refractivity contribution >= 4 is 71.3 Å². The van der Waals surface area contributed by atoms with Crippen LogP contribution in [-0.2, 0) is 22.6 Å². The molecular weight excluding hydrogens is 677 g/mol. The van der Waals surface area contributed by atoms with Crippen LogP contribution in [0.4, 0.5) is 11.4 Å². The van der Waals surface area contributed by atoms with E-state index in [1.807, 2.05) is 67.7 Å². The first-order valence-electron chi connectivity index (χ1n) is 15.3. The number of nitrogens with zero attached hydrogens (tertiary/aromatic N) is 4. The van der Waals surface area contributed by atoms with E-state index in [0.717, 1.165) is 40.9 Å². The molecule has 0 spiro atoms. The number of carbonyl (C=O) groups is 2. The molecule has 0 unspecified atom stereocenters. The SMILES string of the molecule is CCN1C(=O)C(C)(C)C(=O)N(C)c2cc(OCCCNCc3ccnc(CCOc4ccc5cccc(OC)c5n4)c3)ccc21.Cl.Cl.Cl. The molecule has 0 fully saturated rings. The topological polar surface area (TPSA) is 106 Å². The molecule has 0 radical (unpaired) electrons. The maximum absolute atomic E-state index is 13.1. The van der Waals surface area contributed by atoms with Gasteiger partial charge in [-0.2, -0.15) is 0 Å². The lowest BCUT2D eigenvalue weighted by molar-refractivity contribution is -0.137. The van der Waals surface area contributed by atoms with Crippen LogP contribution >= 0.6 is 37.2 Å². The predicted octanol–water partition coefficient (Wildman–Crippen LogP) is 6.44. The largest absolute Gasteiger partial charge is 0.494 e. The van der Waals surface area contributed by atoms with Crippen LogP contribution in [0.15, 0.2) is 66.9 Å². The van der Waals surface area contributed by atoms with E-state index >= 15 is 0 Å². The first-order valence-corrected chi connectivity index (χ1v) is 15.3. The zero-order valence-electron chi connectivity index (χ0n) is 27.9. The summed E-state index contributed by atoms with van der Waals surface area (Å²) in [7, 11) is 3.35. The number of amides is 2. The molecule has 0 saturated heterocycles. The van der Waals surface area contributed by atoms with Gasteiger partial charge in [0.2, 0.25) is 17.7 Å². The van der Waals surface area contributed by atoms with E-state index < -0.39 is 5.41 Å². The number of para-hydroxylation sites is 1. The van der Waals surface area contributed by atoms with Crippen molar-refractivity contribution in [3.63, 3.8) is 0 Å². The quantitative estimate of drug-likeness (QED) is 0.124. The van der Waals surface area contributed by atoms with E-state index in [9.17, 15) is 9.59 Å². The molecular formula is C35H44Cl3N5O5. The van der Waals surface area contributed by atoms with Gasteiger partial charge >= 0.3 is 0 Å². The molecule has 4 aromatic rings. The number of fused-ring (bicyclic) bond motifs is 2. The molecule has 13 heteroatoms. The predicted molar refractivity (Wildman–Crippen MR) is 197 cm³/mol. The minimum atomic E-state index is -1.13. The summed E-state index contributed by atoms with van der Waals surface area (Å²) in [6.45, 7) is 8.21. The third-order valence-corrected chi connectivity index (χ3v) is 8.00. The summed E-state index contributed by atoms with van der Waals surface area (Å²) in [4.78, 5) is 38.5. The smallest absolute Gasteiger partial charge is 0.242 e. The summed E-state index contributed by atoms with van der Waals surface area (Å²) in [5.74, 6) is 1.50. The maximum atomic E-state index is 13.1. The molecule has 1 aliphatic rings. The zero-order chi connectivity index (χ0) is 32.0. The second-order valence-electron chi connectivity index (χ2n) is 11.5. The molecule has 48 heavy (non-hydrogen) atoms. The third-order valence-electron chi connectivity index (χ3n) is 8.00. The number of hydrogen-bond donors (Lipinski definition) is 1. The summed E-state index contributed by atoms with van der Waals surface area (Å²) in [6.07, 6.45) is 3.29. The monoisotopic (exact) mass is 719 g/mol. The van der Waals surface area contributed by atoms with Crippen LogP contribution in [0.3, 0.4) is 0 Å². The summed E-state index contributed by atoms with van der Waals surface area (Å²) in [6, 6.07) is 19.3. The summed E-state index contributed by atoms with van der Waals surface area (Å²) < 4.78 is 17.4. The van der Waals surface area contributed by atoms with Crippen LogP contribution in [0.2, 0.25) is 0 Å². The maximum Gasteiger partial charge on any atom is 0.242 e. The second-order valence-corrected chi connectivity index (χ2v) is 11.5. The average Bonchev–Trinajstić information content (AvgIpc) is 3.10. The Labute approximate surface area is 300 Å². The molecule has 260 valence electrons. The summed E-state index contributed by atoms with van der Waals surface area (Å²) in [5, 5.41) is 4.47. The lowest BCUT2D eigenvalue weighted by atomic mass is 9.90. The van der Waals surface area contributed by atoms with E-state index in [2.05, 4.69) is 21.4 Å². The van der Waals surface area contributed by atoms with Crippen molar-refractivity contribution in [1.82, 2.24) is 15.3 Å². The fourth-order valence-corrected chi connectivity index (χ4v) is 5.47. The zero-order valence-corrected chi connectivity index (χ0v) is 30.3. The fraction of sp³-hybridized carbons (Fsp3) is 0.371. The molecule has 0 aliphatic carbocycles. The second kappa shape index (κ2) is 18.1. The van der Waals surface area contributed by atoms with Gasteiger partial charge in [0.1, 0.15) is 22.4 Å². The van der Waals surface area contributed by atoms with Gasteiger partial charge in [0.15, 0.2) is 0 Å². The van der Waals surface area contributed by atoms with Crippen molar-refractivity contribution < 1.29 is 23.8 Å². The van der Waals surface area contributed by atoms with Crippen LogP contribution < -0.4 is 29.3 Å². The van der Waals surface area contributed by atoms with Gasteiger partial charge in [0, 0.05) is 56.0 Å². The Morgan fingerprint density at radius 1 is 0.896 bits per heavy atom. The van der Waals surface area contributed by atoms with Crippen molar-refractivity contribution in [3.05, 3.63) is 78.1 Å². The van der Waals surface area contributed by atoms with Gasteiger partial charge in [-0.3, -0.25) is 14.6 Å². The van der Waals surface area contributed by atoms with Gasteiger partial charge in [0.05, 0.1) is 31.7 Å². The van der Waals surface area contributed by atoms with Gasteiger partial charge in [-0.15, -0.1) is 37.2 Å². The van der Waals surface area contributed by atoms with Crippen molar-refractivity contribution in [3.8, 4) is 17.4 Å². The average molecular weight is 721 g/mol. The molecule has 2 amide bonds. The molecule has 2 aromatic carbocycles. The van der Waals surface area contributed by atoms with Crippen molar-refractivity contribution in [1.29, 1.82) is 0 Å². The minimum Gasteiger partial charge on any atom is -0.494 e. The first kappa shape index (κ1) is 40.3. The number of halogens is 3. The highest BCUT2D eigenvalue weighted by molar-refractivity contribution is 6.20. The van der Waals surface area contributed by atoms with Gasteiger partial charge in [-0.05, 0) is 75.7 Å². The number of hydrogen-bond acceptors (Lipinski definition) is 8. The van der Waals surface area contributed by atoms with Crippen molar-refractivity contribution in [2.24, 2.45) is 5.41 Å². The van der Waals surface area contributed by atoms with Crippen molar-refractivity contribution in [2.45, 2.75) is 40.2 Å². The number of anilines is 2. The first-order chi connectivity index (χ1) is 21.7. The lowest BCUT2D eigenvalue weighted by Crippen LogP contribution is -2.47. The molecule has 0 bridgehead atoms. The highest BCUT2D eigenvalue weighted by atomic mass is 35.5. The minimum absolute atomic E-state index is 0. The highest BCUT2D eigenvalue weighted by Crippen LogP contribution is 2.40. The standard InChI is InChI=1S/C35H41N5O5.3ClH/c1-6-40-28-13-12-27(22-29(28)39(4)33(41)35(2,3)34(40)42)44-19-8-17-36-23-24-15-18-37-26(21-24)16-20-45-31-14-11-25-9-7-10-30(43-5)32(25)38-31;;;/h7,9-15,18,21-22,36H,6,8,16-17,19-20,23H2,1-5H3;3*1H. The number of nitrogens with one attached hydrogen (secondary N) is 1. The molecule has 3 heterocycles. The Balaban J connectivity index is 0.00000267. The molecule has 5 rings (SSSR count). The number of benzene rings is 2. The molecule has 0 saturated carbocycles. The van der Waals surface area contributed by atoms with Crippen LogP contribution in [0.25, 0.3) is 10.9 Å². The number of carbonyl (C=O) groups excluding carboxylic acids is 2. The fourth-order valence-electron chi connectivity index (χ4n) is 5.47. The molecule has 10 nitrogen and oxygen atoms in total. The highest BCUT2D eigenvalue weighted by Gasteiger charge is 2.45. The normalized spacial score (nSPS) is 13.4. The van der Waals surface area contributed by atoms with Gasteiger partial charge < -0.3 is 29.3 Å². The van der Waals surface area contributed by atoms with E-state index in [0.29, 0.717) is 55.7 Å². The van der Waals surface area contributed by atoms with Crippen LogP contribution in [0.1, 0.15) is 38.4 Å². The molecule has 2 aromatic heterocycles. The molecule has 1 N–H and O–H groups in total. The van der Waals surface area contributed by atoms with Crippen LogP contribution in [0.5, 0.6) is 17.4 Å². The number of rotatable bonds is 13. The Kier molecular flexibility index (Phi) is 15.2. The Morgan fingerprint density at radius 3 is 2.44 bits per heavy atom. The molecule has 0 atom stereocenters. The third kappa shape index (κ3) is 8.99. The van der Waals surface area contributed by atoms with E-state index in [-0.39, 0.29) is 49.0 Å². The number of pyridine rings is 2. The summed E-state index contributed by atoms with van der Waals surface area (Å²) >= 11 is 0. The van der Waals surface area contributed by atoms with Crippen molar-refractivity contribution in [2.75, 3.05) is 50.3 Å². The Hall–Kier alpha value is -3.83. The number of ether oxygens (including phenoxy) is 3.